The van der Waals surface area contributed by atoms with Gasteiger partial charge >= 0.3 is 23.9 Å². The maximum absolute atomic E-state index is 11.9. The zero-order valence-corrected chi connectivity index (χ0v) is 18.8. The maximum Gasteiger partial charge on any atom is 0.303 e. The Morgan fingerprint density at radius 1 is 0.853 bits per heavy atom. The van der Waals surface area contributed by atoms with E-state index in [0.717, 1.165) is 20.8 Å². The van der Waals surface area contributed by atoms with Gasteiger partial charge in [-0.25, -0.2) is 0 Å². The van der Waals surface area contributed by atoms with E-state index in [2.05, 4.69) is 15.2 Å². The number of rotatable bonds is 7. The Hall–Kier alpha value is -3.87. The lowest BCUT2D eigenvalue weighted by Crippen LogP contribution is -2.59. The van der Waals surface area contributed by atoms with Gasteiger partial charge in [0.05, 0.1) is 0 Å². The Labute approximate surface area is 193 Å². The number of ether oxygens (including phenoxy) is 5. The van der Waals surface area contributed by atoms with Crippen molar-refractivity contribution < 1.29 is 47.3 Å². The van der Waals surface area contributed by atoms with Crippen molar-refractivity contribution in [1.82, 2.24) is 15.2 Å². The molecule has 3 rings (SSSR count). The highest BCUT2D eigenvalue weighted by molar-refractivity contribution is 5.68. The number of aromatic nitrogens is 3. The van der Waals surface area contributed by atoms with Crippen molar-refractivity contribution >= 4 is 23.9 Å². The van der Waals surface area contributed by atoms with Crippen LogP contribution in [0.3, 0.4) is 0 Å². The van der Waals surface area contributed by atoms with Gasteiger partial charge in [-0.15, -0.1) is 10.2 Å². The Balaban J connectivity index is 2.03. The number of hydrogen-bond acceptors (Lipinski definition) is 13. The molecule has 1 fully saturated rings. The average molecular weight is 477 g/mol. The van der Waals surface area contributed by atoms with E-state index >= 15 is 0 Å². The van der Waals surface area contributed by atoms with Gasteiger partial charge in [0, 0.05) is 33.9 Å². The average Bonchev–Trinajstić information content (AvgIpc) is 3.25. The highest BCUT2D eigenvalue weighted by Gasteiger charge is 2.54. The van der Waals surface area contributed by atoms with E-state index in [0.29, 0.717) is 5.69 Å². The molecule has 1 aliphatic rings. The predicted octanol–water partition coefficient (Wildman–Crippen LogP) is 0.930. The third kappa shape index (κ3) is 6.13. The Morgan fingerprint density at radius 3 is 2.09 bits per heavy atom. The SMILES string of the molecule is CC(=O)OC[C@H]1O[C@@H](c2nnc(-c3ccccn3)o2)[C@H](OC(C)=O)[C@@H](OC(C)=O)[C@H]1OC(C)=O. The molecule has 3 heterocycles. The van der Waals surface area contributed by atoms with Crippen LogP contribution in [0.25, 0.3) is 11.6 Å². The van der Waals surface area contributed by atoms with Gasteiger partial charge < -0.3 is 28.1 Å². The first-order valence-electron chi connectivity index (χ1n) is 10.2. The van der Waals surface area contributed by atoms with E-state index < -0.39 is 54.4 Å². The summed E-state index contributed by atoms with van der Waals surface area (Å²) in [5.41, 5.74) is 0.381. The minimum atomic E-state index is -1.34. The molecule has 2 aromatic rings. The van der Waals surface area contributed by atoms with Gasteiger partial charge in [-0.05, 0) is 12.1 Å². The highest BCUT2D eigenvalue weighted by atomic mass is 16.7. The molecule has 0 N–H and O–H groups in total. The van der Waals surface area contributed by atoms with Crippen molar-refractivity contribution in [1.29, 1.82) is 0 Å². The van der Waals surface area contributed by atoms with E-state index in [9.17, 15) is 19.2 Å². The first-order chi connectivity index (χ1) is 16.2. The first-order valence-corrected chi connectivity index (χ1v) is 10.2. The van der Waals surface area contributed by atoms with Crippen LogP contribution >= 0.6 is 0 Å². The molecular formula is C21H23N3O10. The monoisotopic (exact) mass is 477 g/mol. The predicted molar refractivity (Wildman–Crippen MR) is 108 cm³/mol. The first kappa shape index (κ1) is 24.8. The summed E-state index contributed by atoms with van der Waals surface area (Å²) in [7, 11) is 0. The third-order valence-electron chi connectivity index (χ3n) is 4.56. The van der Waals surface area contributed by atoms with E-state index in [1.807, 2.05) is 0 Å². The van der Waals surface area contributed by atoms with Crippen molar-refractivity contribution in [2.45, 2.75) is 58.2 Å². The third-order valence-corrected chi connectivity index (χ3v) is 4.56. The fourth-order valence-corrected chi connectivity index (χ4v) is 3.37. The van der Waals surface area contributed by atoms with Crippen molar-refractivity contribution in [3.8, 4) is 11.6 Å². The number of hydrogen-bond donors (Lipinski definition) is 0. The summed E-state index contributed by atoms with van der Waals surface area (Å²) in [5, 5.41) is 7.92. The van der Waals surface area contributed by atoms with Crippen molar-refractivity contribution in [2.75, 3.05) is 6.61 Å². The molecule has 0 unspecified atom stereocenters. The quantitative estimate of drug-likeness (QED) is 0.408. The second kappa shape index (κ2) is 10.8. The minimum Gasteiger partial charge on any atom is -0.463 e. The van der Waals surface area contributed by atoms with Crippen LogP contribution in [-0.4, -0.2) is 70.1 Å². The molecule has 1 aliphatic heterocycles. The number of pyridine rings is 1. The molecular weight excluding hydrogens is 454 g/mol. The molecule has 182 valence electrons. The zero-order valence-electron chi connectivity index (χ0n) is 18.8. The molecule has 0 aliphatic carbocycles. The molecule has 5 atom stereocenters. The van der Waals surface area contributed by atoms with E-state index in [1.54, 1.807) is 18.2 Å². The molecule has 1 saturated heterocycles. The van der Waals surface area contributed by atoms with Crippen molar-refractivity contribution in [2.24, 2.45) is 0 Å². The fraction of sp³-hybridized carbons (Fsp3) is 0.476. The molecule has 0 aromatic carbocycles. The van der Waals surface area contributed by atoms with Crippen LogP contribution in [-0.2, 0) is 42.9 Å². The van der Waals surface area contributed by atoms with Crippen LogP contribution in [0, 0.1) is 0 Å². The van der Waals surface area contributed by atoms with Crippen LogP contribution in [0.5, 0.6) is 0 Å². The summed E-state index contributed by atoms with van der Waals surface area (Å²) in [6.07, 6.45) is -4.80. The zero-order chi connectivity index (χ0) is 24.8. The van der Waals surface area contributed by atoms with Gasteiger partial charge in [0.15, 0.2) is 24.4 Å². The molecule has 0 amide bonds. The van der Waals surface area contributed by atoms with E-state index in [4.69, 9.17) is 28.1 Å². The Kier molecular flexibility index (Phi) is 7.89. The number of esters is 4. The van der Waals surface area contributed by atoms with E-state index in [1.165, 1.54) is 13.1 Å². The normalized spacial score (nSPS) is 24.1. The van der Waals surface area contributed by atoms with Gasteiger partial charge in [-0.1, -0.05) is 6.07 Å². The molecule has 2 aromatic heterocycles. The smallest absolute Gasteiger partial charge is 0.303 e. The standard InChI is InChI=1S/C21H23N3O10/c1-10(25)29-9-15-16(30-11(2)26)17(31-12(3)27)18(32-13(4)28)19(33-15)21-24-23-20(34-21)14-7-5-6-8-22-14/h5-8,15-19H,9H2,1-4H3/t15-,16+,17+,18-,19-/m1/s1. The molecule has 34 heavy (non-hydrogen) atoms. The maximum atomic E-state index is 11.9. The summed E-state index contributed by atoms with van der Waals surface area (Å²) < 4.78 is 32.8. The lowest BCUT2D eigenvalue weighted by molar-refractivity contribution is -0.257. The lowest BCUT2D eigenvalue weighted by Gasteiger charge is -2.43. The summed E-state index contributed by atoms with van der Waals surface area (Å²) >= 11 is 0. The summed E-state index contributed by atoms with van der Waals surface area (Å²) in [5.74, 6) is -2.90. The Morgan fingerprint density at radius 2 is 1.50 bits per heavy atom. The lowest BCUT2D eigenvalue weighted by atomic mass is 9.94. The summed E-state index contributed by atoms with van der Waals surface area (Å²) in [6, 6.07) is 5.07. The largest absolute Gasteiger partial charge is 0.463 e. The van der Waals surface area contributed by atoms with Gasteiger partial charge in [0.25, 0.3) is 5.89 Å². The van der Waals surface area contributed by atoms with Gasteiger partial charge in [-0.3, -0.25) is 24.2 Å². The van der Waals surface area contributed by atoms with Crippen LogP contribution in [0.15, 0.2) is 28.8 Å². The van der Waals surface area contributed by atoms with Crippen molar-refractivity contribution in [3.63, 3.8) is 0 Å². The van der Waals surface area contributed by atoms with Gasteiger partial charge in [0.2, 0.25) is 5.89 Å². The van der Waals surface area contributed by atoms with Crippen LogP contribution < -0.4 is 0 Å². The second-order valence-corrected chi connectivity index (χ2v) is 7.28. The topological polar surface area (TPSA) is 166 Å². The number of carbonyl (C=O) groups excluding carboxylic acids is 4. The van der Waals surface area contributed by atoms with Crippen LogP contribution in [0.4, 0.5) is 0 Å². The Bertz CT molecular complexity index is 1040. The van der Waals surface area contributed by atoms with Gasteiger partial charge in [-0.2, -0.15) is 0 Å². The fourth-order valence-electron chi connectivity index (χ4n) is 3.37. The minimum absolute atomic E-state index is 0.0588. The van der Waals surface area contributed by atoms with Crippen LogP contribution in [0.1, 0.15) is 39.7 Å². The molecule has 13 nitrogen and oxygen atoms in total. The van der Waals surface area contributed by atoms with Gasteiger partial charge in [0.1, 0.15) is 18.4 Å². The summed E-state index contributed by atoms with van der Waals surface area (Å²) in [6.45, 7) is 4.23. The molecule has 13 heteroatoms. The molecule has 0 saturated carbocycles. The van der Waals surface area contributed by atoms with Crippen molar-refractivity contribution in [3.05, 3.63) is 30.3 Å². The second-order valence-electron chi connectivity index (χ2n) is 7.28. The number of nitrogens with zero attached hydrogens (tertiary/aromatic N) is 3. The van der Waals surface area contributed by atoms with E-state index in [-0.39, 0.29) is 18.4 Å². The molecule has 0 spiro atoms. The summed E-state index contributed by atoms with van der Waals surface area (Å²) in [4.78, 5) is 51.1. The molecule has 0 bridgehead atoms. The number of carbonyl (C=O) groups is 4. The highest BCUT2D eigenvalue weighted by Crippen LogP contribution is 2.37. The van der Waals surface area contributed by atoms with Crippen LogP contribution in [0.2, 0.25) is 0 Å². The molecule has 0 radical (unpaired) electrons.